The number of hydrogen-bond donors (Lipinski definition) is 1. The van der Waals surface area contributed by atoms with Gasteiger partial charge in [-0.15, -0.1) is 0 Å². The van der Waals surface area contributed by atoms with Gasteiger partial charge in [-0.3, -0.25) is 0 Å². The Morgan fingerprint density at radius 1 is 1.10 bits per heavy atom. The van der Waals surface area contributed by atoms with E-state index in [-0.39, 0.29) is 5.60 Å². The lowest BCUT2D eigenvalue weighted by Crippen LogP contribution is -2.51. The van der Waals surface area contributed by atoms with Gasteiger partial charge in [-0.1, -0.05) is 25.6 Å². The van der Waals surface area contributed by atoms with Crippen LogP contribution in [-0.2, 0) is 13.6 Å². The van der Waals surface area contributed by atoms with E-state index >= 15 is 0 Å². The molecule has 0 amide bonds. The van der Waals surface area contributed by atoms with Crippen molar-refractivity contribution in [2.75, 3.05) is 0 Å². The van der Waals surface area contributed by atoms with Crippen LogP contribution in [0.15, 0.2) is 6.33 Å². The van der Waals surface area contributed by atoms with Crippen LogP contribution < -0.4 is 4.80 Å². The summed E-state index contributed by atoms with van der Waals surface area (Å²) in [7, 11) is 1.99. The summed E-state index contributed by atoms with van der Waals surface area (Å²) in [6.45, 7) is 8.26. The molecule has 9 atom stereocenters. The fourth-order valence-corrected chi connectivity index (χ4v) is 9.10. The molecule has 5 rings (SSSR count). The van der Waals surface area contributed by atoms with Crippen LogP contribution in [0.25, 0.3) is 0 Å². The standard InChI is InChI=1S/C25H43N4O/c1-5-25(30)13-11-19-18(14-25)6-7-21-20(19)10-12-24(3)22(8-9-23(21)24)17(2)15-29-27-16-26-28(29)4/h16-23,30H,5-15H2,1-4H3/q+1/t17-,18-,19-,20+,21+,22+,23-,24+,25+/m0/s1. The Balaban J connectivity index is 1.30. The number of nitrogens with zero attached hydrogens (tertiary/aromatic N) is 4. The number of tetrazole rings is 1. The Bertz CT molecular complexity index is 764. The van der Waals surface area contributed by atoms with Gasteiger partial charge in [0.15, 0.2) is 0 Å². The lowest BCUT2D eigenvalue weighted by Gasteiger charge is -2.57. The van der Waals surface area contributed by atoms with Gasteiger partial charge in [0.1, 0.15) is 13.6 Å². The molecule has 4 aliphatic carbocycles. The largest absolute Gasteiger partial charge is 0.390 e. The highest BCUT2D eigenvalue weighted by molar-refractivity contribution is 5.07. The van der Waals surface area contributed by atoms with Gasteiger partial charge in [-0.2, -0.15) is 0 Å². The molecule has 1 aromatic heterocycles. The molecule has 0 aromatic carbocycles. The molecule has 4 saturated carbocycles. The van der Waals surface area contributed by atoms with E-state index < -0.39 is 0 Å². The third-order valence-electron chi connectivity index (χ3n) is 10.7. The van der Waals surface area contributed by atoms with Crippen LogP contribution in [-0.4, -0.2) is 25.7 Å². The SMILES string of the molecule is CC[C@@]1(O)CC[C@H]2[C@@H](CC[C@@H]3[C@@H]2CC[C@]2(C)[C@@H]([C@@H](C)Cn4ncn[n+]4C)CC[C@@H]32)C1. The van der Waals surface area contributed by atoms with Crippen molar-refractivity contribution in [2.45, 2.75) is 97.1 Å². The van der Waals surface area contributed by atoms with Crippen molar-refractivity contribution in [3.63, 3.8) is 0 Å². The van der Waals surface area contributed by atoms with Crippen molar-refractivity contribution >= 4 is 0 Å². The van der Waals surface area contributed by atoms with E-state index in [1.807, 2.05) is 16.6 Å². The van der Waals surface area contributed by atoms with Gasteiger partial charge in [-0.05, 0) is 121 Å². The number of aliphatic hydroxyl groups is 1. The topological polar surface area (TPSA) is 54.8 Å². The highest BCUT2D eigenvalue weighted by atomic mass is 16.3. The molecule has 30 heavy (non-hydrogen) atoms. The molecule has 0 aliphatic heterocycles. The van der Waals surface area contributed by atoms with Crippen LogP contribution in [0.2, 0.25) is 0 Å². The molecule has 4 fully saturated rings. The third kappa shape index (κ3) is 3.25. The molecule has 1 aromatic rings. The summed E-state index contributed by atoms with van der Waals surface area (Å²) in [5, 5.41) is 19.6. The van der Waals surface area contributed by atoms with Crippen LogP contribution in [0, 0.1) is 46.8 Å². The Hall–Kier alpha value is -0.970. The molecular weight excluding hydrogens is 372 g/mol. The lowest BCUT2D eigenvalue weighted by atomic mass is 9.48. The fraction of sp³-hybridized carbons (Fsp3) is 0.960. The van der Waals surface area contributed by atoms with Crippen LogP contribution in [0.3, 0.4) is 0 Å². The number of aromatic nitrogens is 4. The first-order valence-corrected chi connectivity index (χ1v) is 12.8. The van der Waals surface area contributed by atoms with E-state index in [0.717, 1.165) is 61.3 Å². The van der Waals surface area contributed by atoms with Crippen molar-refractivity contribution in [3.05, 3.63) is 6.33 Å². The summed E-state index contributed by atoms with van der Waals surface area (Å²) in [5.41, 5.74) is 0.147. The summed E-state index contributed by atoms with van der Waals surface area (Å²) >= 11 is 0. The van der Waals surface area contributed by atoms with Gasteiger partial charge in [0.2, 0.25) is 0 Å². The van der Waals surface area contributed by atoms with Crippen molar-refractivity contribution in [3.8, 4) is 0 Å². The summed E-state index contributed by atoms with van der Waals surface area (Å²) in [6.07, 6.45) is 14.5. The second-order valence-corrected chi connectivity index (χ2v) is 11.9. The maximum absolute atomic E-state index is 10.9. The minimum Gasteiger partial charge on any atom is -0.390 e. The summed E-state index contributed by atoms with van der Waals surface area (Å²) in [4.78, 5) is 3.92. The monoisotopic (exact) mass is 415 g/mol. The molecule has 5 heteroatoms. The molecule has 0 saturated heterocycles. The molecule has 168 valence electrons. The first-order valence-electron chi connectivity index (χ1n) is 12.8. The quantitative estimate of drug-likeness (QED) is 0.752. The average molecular weight is 416 g/mol. The Morgan fingerprint density at radius 3 is 2.63 bits per heavy atom. The van der Waals surface area contributed by atoms with E-state index in [1.165, 1.54) is 44.9 Å². The molecule has 0 unspecified atom stereocenters. The number of rotatable bonds is 4. The van der Waals surface area contributed by atoms with Crippen LogP contribution in [0.1, 0.15) is 85.0 Å². The predicted molar refractivity (Wildman–Crippen MR) is 116 cm³/mol. The highest BCUT2D eigenvalue weighted by Crippen LogP contribution is 2.65. The Labute approximate surface area is 182 Å². The number of fused-ring (bicyclic) bond motifs is 5. The van der Waals surface area contributed by atoms with E-state index in [9.17, 15) is 5.11 Å². The first-order chi connectivity index (χ1) is 14.3. The van der Waals surface area contributed by atoms with Gasteiger partial charge in [-0.25, -0.2) is 0 Å². The predicted octanol–water partition coefficient (Wildman–Crippen LogP) is 4.15. The number of hydrogen-bond acceptors (Lipinski definition) is 3. The minimum absolute atomic E-state index is 0.359. The summed E-state index contributed by atoms with van der Waals surface area (Å²) in [5.74, 6) is 5.93. The van der Waals surface area contributed by atoms with Gasteiger partial charge in [0, 0.05) is 0 Å². The van der Waals surface area contributed by atoms with Gasteiger partial charge in [0.25, 0.3) is 6.33 Å². The zero-order valence-electron chi connectivity index (χ0n) is 19.6. The molecule has 0 spiro atoms. The van der Waals surface area contributed by atoms with Crippen molar-refractivity contribution < 1.29 is 9.90 Å². The smallest absolute Gasteiger partial charge is 0.296 e. The molecule has 0 bridgehead atoms. The van der Waals surface area contributed by atoms with Crippen molar-refractivity contribution in [1.82, 2.24) is 15.0 Å². The second kappa shape index (κ2) is 7.56. The molecule has 1 N–H and O–H groups in total. The third-order valence-corrected chi connectivity index (χ3v) is 10.7. The average Bonchev–Trinajstić information content (AvgIpc) is 3.30. The van der Waals surface area contributed by atoms with Crippen molar-refractivity contribution in [1.29, 1.82) is 0 Å². The molecule has 0 radical (unpaired) electrons. The number of aryl methyl sites for hydroxylation is 1. The van der Waals surface area contributed by atoms with Crippen molar-refractivity contribution in [2.24, 2.45) is 53.9 Å². The van der Waals surface area contributed by atoms with Gasteiger partial charge >= 0.3 is 0 Å². The second-order valence-electron chi connectivity index (χ2n) is 11.9. The van der Waals surface area contributed by atoms with E-state index in [2.05, 4.69) is 31.0 Å². The molecule has 5 nitrogen and oxygen atoms in total. The normalized spacial score (nSPS) is 46.7. The minimum atomic E-state index is -0.359. The zero-order valence-corrected chi connectivity index (χ0v) is 19.6. The van der Waals surface area contributed by atoms with E-state index in [4.69, 9.17) is 0 Å². The van der Waals surface area contributed by atoms with E-state index in [0.29, 0.717) is 11.3 Å². The zero-order chi connectivity index (χ0) is 21.1. The lowest BCUT2D eigenvalue weighted by molar-refractivity contribution is -0.809. The van der Waals surface area contributed by atoms with Gasteiger partial charge < -0.3 is 5.11 Å². The highest BCUT2D eigenvalue weighted by Gasteiger charge is 2.58. The molecule has 1 heterocycles. The first kappa shape index (κ1) is 20.9. The fourth-order valence-electron chi connectivity index (χ4n) is 9.10. The van der Waals surface area contributed by atoms with Crippen LogP contribution >= 0.6 is 0 Å². The summed E-state index contributed by atoms with van der Waals surface area (Å²) < 4.78 is 0. The maximum atomic E-state index is 10.9. The molecule has 4 aliphatic rings. The van der Waals surface area contributed by atoms with Crippen LogP contribution in [0.4, 0.5) is 0 Å². The van der Waals surface area contributed by atoms with Crippen LogP contribution in [0.5, 0.6) is 0 Å². The van der Waals surface area contributed by atoms with E-state index in [1.54, 1.807) is 6.33 Å². The Kier molecular flexibility index (Phi) is 5.27. The maximum Gasteiger partial charge on any atom is 0.296 e. The van der Waals surface area contributed by atoms with Gasteiger partial charge in [0.05, 0.1) is 10.7 Å². The molecular formula is C25H43N4O+. The summed E-state index contributed by atoms with van der Waals surface area (Å²) in [6, 6.07) is 0. The Morgan fingerprint density at radius 2 is 1.90 bits per heavy atom.